The van der Waals surface area contributed by atoms with Gasteiger partial charge >= 0.3 is 5.97 Å². The first-order chi connectivity index (χ1) is 14.0. The third kappa shape index (κ3) is 3.56. The van der Waals surface area contributed by atoms with Crippen LogP contribution in [-0.4, -0.2) is 25.7 Å². The summed E-state index contributed by atoms with van der Waals surface area (Å²) in [6.45, 7) is 5.73. The number of thiophene rings is 1. The molecule has 4 rings (SSSR count). The summed E-state index contributed by atoms with van der Waals surface area (Å²) in [6, 6.07) is 8.70. The molecule has 3 aromatic heterocycles. The number of esters is 1. The van der Waals surface area contributed by atoms with Crippen LogP contribution in [0.25, 0.3) is 21.8 Å². The second-order valence-corrected chi connectivity index (χ2v) is 7.37. The summed E-state index contributed by atoms with van der Waals surface area (Å²) < 4.78 is 12.7. The van der Waals surface area contributed by atoms with E-state index in [-0.39, 0.29) is 11.4 Å². The number of benzene rings is 1. The molecule has 0 aliphatic carbocycles. The van der Waals surface area contributed by atoms with Gasteiger partial charge in [0, 0.05) is 6.54 Å². The SMILES string of the molecule is CCn1c(=O)c(C)nc2cc(C(=O)O[C@H](C)c3nnc(-c4cccs4)o3)ccc21. The molecule has 0 saturated heterocycles. The maximum Gasteiger partial charge on any atom is 0.338 e. The molecule has 1 atom stereocenters. The minimum Gasteiger partial charge on any atom is -0.449 e. The third-order valence-electron chi connectivity index (χ3n) is 4.47. The zero-order valence-electron chi connectivity index (χ0n) is 16.1. The van der Waals surface area contributed by atoms with Crippen LogP contribution in [0.3, 0.4) is 0 Å². The lowest BCUT2D eigenvalue weighted by Gasteiger charge is -2.12. The Kier molecular flexibility index (Phi) is 4.98. The van der Waals surface area contributed by atoms with Crippen molar-refractivity contribution in [2.75, 3.05) is 0 Å². The number of rotatable bonds is 5. The number of hydrogen-bond donors (Lipinski definition) is 0. The molecule has 29 heavy (non-hydrogen) atoms. The molecule has 0 amide bonds. The second kappa shape index (κ2) is 7.59. The number of hydrogen-bond acceptors (Lipinski definition) is 8. The summed E-state index contributed by atoms with van der Waals surface area (Å²) in [4.78, 5) is 30.0. The number of carbonyl (C=O) groups excluding carboxylic acids is 1. The number of aryl methyl sites for hydroxylation is 2. The number of nitrogens with zero attached hydrogens (tertiary/aromatic N) is 4. The normalized spacial score (nSPS) is 12.2. The molecule has 9 heteroatoms. The summed E-state index contributed by atoms with van der Waals surface area (Å²) in [6.07, 6.45) is -0.710. The van der Waals surface area contributed by atoms with Crippen molar-refractivity contribution in [1.82, 2.24) is 19.7 Å². The number of carbonyl (C=O) groups is 1. The molecule has 148 valence electrons. The van der Waals surface area contributed by atoms with E-state index in [1.54, 1.807) is 36.6 Å². The van der Waals surface area contributed by atoms with Crippen LogP contribution in [0.4, 0.5) is 0 Å². The Morgan fingerprint density at radius 2 is 2.14 bits per heavy atom. The molecular formula is C20H18N4O4S. The smallest absolute Gasteiger partial charge is 0.338 e. The molecule has 1 aromatic carbocycles. The van der Waals surface area contributed by atoms with E-state index < -0.39 is 12.1 Å². The predicted molar refractivity (Wildman–Crippen MR) is 108 cm³/mol. The van der Waals surface area contributed by atoms with Crippen molar-refractivity contribution in [3.05, 3.63) is 63.2 Å². The van der Waals surface area contributed by atoms with Crippen LogP contribution >= 0.6 is 11.3 Å². The lowest BCUT2D eigenvalue weighted by molar-refractivity contribution is 0.0280. The van der Waals surface area contributed by atoms with Gasteiger partial charge in [0.15, 0.2) is 6.10 Å². The van der Waals surface area contributed by atoms with Crippen molar-refractivity contribution >= 4 is 28.3 Å². The van der Waals surface area contributed by atoms with Gasteiger partial charge in [0.1, 0.15) is 5.69 Å². The monoisotopic (exact) mass is 410 g/mol. The molecule has 0 radical (unpaired) electrons. The van der Waals surface area contributed by atoms with Gasteiger partial charge in [-0.1, -0.05) is 6.07 Å². The lowest BCUT2D eigenvalue weighted by Crippen LogP contribution is -2.23. The Bertz CT molecular complexity index is 1240. The van der Waals surface area contributed by atoms with Gasteiger partial charge in [-0.25, -0.2) is 9.78 Å². The van der Waals surface area contributed by atoms with E-state index in [9.17, 15) is 9.59 Å². The van der Waals surface area contributed by atoms with Crippen LogP contribution in [-0.2, 0) is 11.3 Å². The van der Waals surface area contributed by atoms with Crippen molar-refractivity contribution < 1.29 is 13.9 Å². The van der Waals surface area contributed by atoms with Gasteiger partial charge in [0.25, 0.3) is 17.3 Å². The minimum absolute atomic E-state index is 0.137. The van der Waals surface area contributed by atoms with E-state index in [1.807, 2.05) is 24.4 Å². The quantitative estimate of drug-likeness (QED) is 0.462. The summed E-state index contributed by atoms with van der Waals surface area (Å²) in [7, 11) is 0. The molecule has 0 unspecified atom stereocenters. The summed E-state index contributed by atoms with van der Waals surface area (Å²) in [5.41, 5.74) is 1.80. The highest BCUT2D eigenvalue weighted by Gasteiger charge is 2.21. The van der Waals surface area contributed by atoms with Crippen molar-refractivity contribution in [3.8, 4) is 10.8 Å². The average molecular weight is 410 g/mol. The molecule has 0 aliphatic heterocycles. The lowest BCUT2D eigenvalue weighted by atomic mass is 10.2. The van der Waals surface area contributed by atoms with E-state index in [2.05, 4.69) is 15.2 Å². The molecule has 3 heterocycles. The van der Waals surface area contributed by atoms with E-state index in [4.69, 9.17) is 9.15 Å². The van der Waals surface area contributed by atoms with Crippen molar-refractivity contribution in [2.24, 2.45) is 0 Å². The molecule has 0 aliphatic rings. The molecule has 0 saturated carbocycles. The molecular weight excluding hydrogens is 392 g/mol. The third-order valence-corrected chi connectivity index (χ3v) is 5.32. The summed E-state index contributed by atoms with van der Waals surface area (Å²) >= 11 is 1.48. The number of aromatic nitrogens is 4. The zero-order valence-corrected chi connectivity index (χ0v) is 16.9. The van der Waals surface area contributed by atoms with E-state index >= 15 is 0 Å². The van der Waals surface area contributed by atoms with E-state index in [0.717, 1.165) is 4.88 Å². The van der Waals surface area contributed by atoms with Crippen molar-refractivity contribution in [2.45, 2.75) is 33.4 Å². The average Bonchev–Trinajstić information content (AvgIpc) is 3.40. The predicted octanol–water partition coefficient (Wildman–Crippen LogP) is 3.75. The molecule has 4 aromatic rings. The molecule has 0 spiro atoms. The first kappa shape index (κ1) is 19.0. The fourth-order valence-electron chi connectivity index (χ4n) is 2.99. The van der Waals surface area contributed by atoms with Crippen molar-refractivity contribution in [1.29, 1.82) is 0 Å². The second-order valence-electron chi connectivity index (χ2n) is 6.42. The Morgan fingerprint density at radius 3 is 2.86 bits per heavy atom. The fraction of sp³-hybridized carbons (Fsp3) is 0.250. The van der Waals surface area contributed by atoms with Crippen LogP contribution in [0, 0.1) is 6.92 Å². The molecule has 0 bridgehead atoms. The Hall–Kier alpha value is -3.33. The van der Waals surface area contributed by atoms with Crippen LogP contribution in [0.2, 0.25) is 0 Å². The van der Waals surface area contributed by atoms with Gasteiger partial charge < -0.3 is 13.7 Å². The van der Waals surface area contributed by atoms with Gasteiger partial charge in [-0.3, -0.25) is 4.79 Å². The van der Waals surface area contributed by atoms with Crippen LogP contribution < -0.4 is 5.56 Å². The number of ether oxygens (including phenoxy) is 1. The highest BCUT2D eigenvalue weighted by atomic mass is 32.1. The van der Waals surface area contributed by atoms with Crippen molar-refractivity contribution in [3.63, 3.8) is 0 Å². The highest BCUT2D eigenvalue weighted by Crippen LogP contribution is 2.26. The standard InChI is InChI=1S/C20H18N4O4S/c1-4-24-15-8-7-13(10-14(15)21-11(2)19(24)25)20(26)27-12(3)17-22-23-18(28-17)16-6-5-9-29-16/h5-10,12H,4H2,1-3H3/t12-/m1/s1. The van der Waals surface area contributed by atoms with E-state index in [0.29, 0.717) is 34.7 Å². The minimum atomic E-state index is -0.710. The van der Waals surface area contributed by atoms with Gasteiger partial charge in [-0.15, -0.1) is 21.5 Å². The van der Waals surface area contributed by atoms with Crippen LogP contribution in [0.1, 0.15) is 41.9 Å². The first-order valence-corrected chi connectivity index (χ1v) is 9.95. The Balaban J connectivity index is 1.57. The molecule has 0 N–H and O–H groups in total. The first-order valence-electron chi connectivity index (χ1n) is 9.07. The number of fused-ring (bicyclic) bond motifs is 1. The Labute approximate surface area is 169 Å². The van der Waals surface area contributed by atoms with Crippen LogP contribution in [0.5, 0.6) is 0 Å². The topological polar surface area (TPSA) is 100 Å². The maximum absolute atomic E-state index is 12.6. The highest BCUT2D eigenvalue weighted by molar-refractivity contribution is 7.13. The van der Waals surface area contributed by atoms with E-state index in [1.165, 1.54) is 11.3 Å². The Morgan fingerprint density at radius 1 is 1.31 bits per heavy atom. The summed E-state index contributed by atoms with van der Waals surface area (Å²) in [5.74, 6) is 0.0705. The van der Waals surface area contributed by atoms with Gasteiger partial charge in [0.05, 0.1) is 21.5 Å². The fourth-order valence-corrected chi connectivity index (χ4v) is 3.64. The summed E-state index contributed by atoms with van der Waals surface area (Å²) in [5, 5.41) is 9.89. The zero-order chi connectivity index (χ0) is 20.5. The molecule has 8 nitrogen and oxygen atoms in total. The van der Waals surface area contributed by atoms with Gasteiger partial charge in [-0.05, 0) is 50.4 Å². The van der Waals surface area contributed by atoms with Gasteiger partial charge in [-0.2, -0.15) is 0 Å². The van der Waals surface area contributed by atoms with Gasteiger partial charge in [0.2, 0.25) is 0 Å². The maximum atomic E-state index is 12.6. The van der Waals surface area contributed by atoms with Crippen LogP contribution in [0.15, 0.2) is 44.9 Å². The largest absolute Gasteiger partial charge is 0.449 e. The molecule has 0 fully saturated rings.